The molecule has 4 rings (SSSR count). The highest BCUT2D eigenvalue weighted by Crippen LogP contribution is 2.31. The molecule has 1 amide bonds. The van der Waals surface area contributed by atoms with Crippen molar-refractivity contribution in [3.63, 3.8) is 0 Å². The number of carbonyl (C=O) groups is 1. The third kappa shape index (κ3) is 3.90. The maximum Gasteiger partial charge on any atom is 0.221 e. The van der Waals surface area contributed by atoms with E-state index in [1.165, 1.54) is 23.7 Å². The van der Waals surface area contributed by atoms with Gasteiger partial charge < -0.3 is 10.6 Å². The largest absolute Gasteiger partial charge is 0.326 e. The monoisotopic (exact) mass is 361 g/mol. The van der Waals surface area contributed by atoms with Gasteiger partial charge in [0.05, 0.1) is 11.9 Å². The summed E-state index contributed by atoms with van der Waals surface area (Å²) in [5, 5.41) is 11.0. The van der Waals surface area contributed by atoms with Crippen molar-refractivity contribution in [3.05, 3.63) is 71.7 Å². The van der Waals surface area contributed by atoms with Crippen LogP contribution in [0.25, 0.3) is 5.82 Å². The molecule has 1 aliphatic carbocycles. The molecule has 0 saturated carbocycles. The van der Waals surface area contributed by atoms with E-state index in [1.807, 2.05) is 53.3 Å². The molecule has 0 spiro atoms. The molecule has 27 heavy (non-hydrogen) atoms. The van der Waals surface area contributed by atoms with Crippen LogP contribution in [0.5, 0.6) is 0 Å². The molecule has 0 radical (unpaired) electrons. The van der Waals surface area contributed by atoms with E-state index < -0.39 is 0 Å². The van der Waals surface area contributed by atoms with E-state index in [9.17, 15) is 4.79 Å². The number of aromatic nitrogens is 3. The van der Waals surface area contributed by atoms with Crippen LogP contribution in [0.15, 0.2) is 54.9 Å². The van der Waals surface area contributed by atoms with E-state index in [4.69, 9.17) is 0 Å². The number of benzene rings is 1. The number of anilines is 1. The lowest BCUT2D eigenvalue weighted by Crippen LogP contribution is -2.25. The zero-order valence-electron chi connectivity index (χ0n) is 15.4. The van der Waals surface area contributed by atoms with Crippen LogP contribution < -0.4 is 10.6 Å². The Labute approximate surface area is 158 Å². The molecule has 2 N–H and O–H groups in total. The quantitative estimate of drug-likeness (QED) is 0.731. The van der Waals surface area contributed by atoms with Gasteiger partial charge in [-0.25, -0.2) is 9.67 Å². The van der Waals surface area contributed by atoms with Crippen molar-refractivity contribution in [1.82, 2.24) is 20.1 Å². The van der Waals surface area contributed by atoms with Gasteiger partial charge in [0.15, 0.2) is 5.82 Å². The van der Waals surface area contributed by atoms with Gasteiger partial charge in [0.1, 0.15) is 0 Å². The smallest absolute Gasteiger partial charge is 0.221 e. The molecule has 6 heteroatoms. The zero-order valence-corrected chi connectivity index (χ0v) is 15.4. The van der Waals surface area contributed by atoms with Crippen molar-refractivity contribution in [3.8, 4) is 5.82 Å². The van der Waals surface area contributed by atoms with Crippen molar-refractivity contribution in [2.24, 2.45) is 0 Å². The minimum atomic E-state index is -0.0551. The van der Waals surface area contributed by atoms with E-state index in [-0.39, 0.29) is 5.91 Å². The fraction of sp³-hybridized carbons (Fsp3) is 0.286. The second kappa shape index (κ2) is 7.72. The summed E-state index contributed by atoms with van der Waals surface area (Å²) in [5.74, 6) is 0.813. The topological polar surface area (TPSA) is 71.8 Å². The van der Waals surface area contributed by atoms with Gasteiger partial charge in [0.2, 0.25) is 5.91 Å². The summed E-state index contributed by atoms with van der Waals surface area (Å²) in [4.78, 5) is 15.5. The molecule has 0 bridgehead atoms. The van der Waals surface area contributed by atoms with Gasteiger partial charge in [-0.1, -0.05) is 18.2 Å². The van der Waals surface area contributed by atoms with Gasteiger partial charge >= 0.3 is 0 Å². The first-order chi connectivity index (χ1) is 13.2. The first-order valence-corrected chi connectivity index (χ1v) is 9.29. The molecular formula is C21H23N5O. The lowest BCUT2D eigenvalue weighted by Gasteiger charge is -2.24. The van der Waals surface area contributed by atoms with Gasteiger partial charge in [-0.2, -0.15) is 5.10 Å². The number of hydrogen-bond donors (Lipinski definition) is 2. The minimum absolute atomic E-state index is 0.0551. The van der Waals surface area contributed by atoms with Crippen molar-refractivity contribution in [2.45, 2.75) is 38.8 Å². The summed E-state index contributed by atoms with van der Waals surface area (Å²) in [7, 11) is 0. The highest BCUT2D eigenvalue weighted by atomic mass is 16.1. The van der Waals surface area contributed by atoms with Gasteiger partial charge in [0, 0.05) is 37.0 Å². The molecule has 2 heterocycles. The highest BCUT2D eigenvalue weighted by molar-refractivity contribution is 5.88. The van der Waals surface area contributed by atoms with E-state index in [2.05, 4.69) is 20.7 Å². The Morgan fingerprint density at radius 2 is 2.07 bits per heavy atom. The molecular weight excluding hydrogens is 338 g/mol. The fourth-order valence-corrected chi connectivity index (χ4v) is 3.60. The molecule has 1 atom stereocenters. The average molecular weight is 361 g/mol. The first kappa shape index (κ1) is 17.4. The normalized spacial score (nSPS) is 16.0. The number of amides is 1. The molecule has 6 nitrogen and oxygen atoms in total. The number of nitrogens with zero attached hydrogens (tertiary/aromatic N) is 3. The second-order valence-corrected chi connectivity index (χ2v) is 6.85. The predicted molar refractivity (Wildman–Crippen MR) is 105 cm³/mol. The van der Waals surface area contributed by atoms with Crippen molar-refractivity contribution >= 4 is 11.6 Å². The first-order valence-electron chi connectivity index (χ1n) is 9.29. The summed E-state index contributed by atoms with van der Waals surface area (Å²) < 4.78 is 1.96. The standard InChI is InChI=1S/C21H23N5O/c1-15(27)25-17-10-8-16(9-11-17)13-23-19-5-4-6-20-18(19)14-24-26(20)21-7-2-3-12-22-21/h2-3,7-12,14,19,23H,4-6,13H2,1H3,(H,25,27). The van der Waals surface area contributed by atoms with Crippen molar-refractivity contribution in [1.29, 1.82) is 0 Å². The molecule has 3 aromatic rings. The molecule has 0 aliphatic heterocycles. The Morgan fingerprint density at radius 3 is 2.81 bits per heavy atom. The number of carbonyl (C=O) groups excluding carboxylic acids is 1. The molecule has 0 saturated heterocycles. The number of fused-ring (bicyclic) bond motifs is 1. The third-order valence-corrected chi connectivity index (χ3v) is 4.88. The molecule has 0 fully saturated rings. The average Bonchev–Trinajstić information content (AvgIpc) is 3.12. The Balaban J connectivity index is 1.46. The van der Waals surface area contributed by atoms with Crippen LogP contribution >= 0.6 is 0 Å². The SMILES string of the molecule is CC(=O)Nc1ccc(CNC2CCCc3c2cnn3-c2ccccn2)cc1. The van der Waals surface area contributed by atoms with Gasteiger partial charge in [0.25, 0.3) is 0 Å². The van der Waals surface area contributed by atoms with Gasteiger partial charge in [-0.15, -0.1) is 0 Å². The van der Waals surface area contributed by atoms with E-state index in [0.29, 0.717) is 6.04 Å². The number of rotatable bonds is 5. The maximum atomic E-state index is 11.1. The van der Waals surface area contributed by atoms with E-state index in [1.54, 1.807) is 6.20 Å². The van der Waals surface area contributed by atoms with Crippen LogP contribution in [0.1, 0.15) is 42.6 Å². The fourth-order valence-electron chi connectivity index (χ4n) is 3.60. The lowest BCUT2D eigenvalue weighted by atomic mass is 9.92. The summed E-state index contributed by atoms with van der Waals surface area (Å²) in [5.41, 5.74) is 4.52. The van der Waals surface area contributed by atoms with Crippen LogP contribution in [-0.2, 0) is 17.8 Å². The van der Waals surface area contributed by atoms with Crippen molar-refractivity contribution < 1.29 is 4.79 Å². The summed E-state index contributed by atoms with van der Waals surface area (Å²) in [6.07, 6.45) is 7.03. The highest BCUT2D eigenvalue weighted by Gasteiger charge is 2.24. The number of nitrogens with one attached hydrogen (secondary N) is 2. The summed E-state index contributed by atoms with van der Waals surface area (Å²) in [6, 6.07) is 14.1. The van der Waals surface area contributed by atoms with Crippen LogP contribution in [-0.4, -0.2) is 20.7 Å². The predicted octanol–water partition coefficient (Wildman–Crippen LogP) is 3.39. The van der Waals surface area contributed by atoms with Gasteiger partial charge in [-0.3, -0.25) is 4.79 Å². The number of hydrogen-bond acceptors (Lipinski definition) is 4. The lowest BCUT2D eigenvalue weighted by molar-refractivity contribution is -0.114. The Kier molecular flexibility index (Phi) is 4.98. The van der Waals surface area contributed by atoms with Crippen LogP contribution in [0.2, 0.25) is 0 Å². The Bertz CT molecular complexity index is 918. The molecule has 1 aliphatic rings. The molecule has 138 valence electrons. The Hall–Kier alpha value is -2.99. The minimum Gasteiger partial charge on any atom is -0.326 e. The second-order valence-electron chi connectivity index (χ2n) is 6.85. The molecule has 1 aromatic carbocycles. The van der Waals surface area contributed by atoms with E-state index in [0.717, 1.165) is 37.3 Å². The van der Waals surface area contributed by atoms with Crippen LogP contribution in [0, 0.1) is 0 Å². The zero-order chi connectivity index (χ0) is 18.6. The van der Waals surface area contributed by atoms with Gasteiger partial charge in [-0.05, 0) is 49.1 Å². The molecule has 2 aromatic heterocycles. The van der Waals surface area contributed by atoms with Crippen LogP contribution in [0.4, 0.5) is 5.69 Å². The molecule has 1 unspecified atom stereocenters. The van der Waals surface area contributed by atoms with E-state index >= 15 is 0 Å². The Morgan fingerprint density at radius 1 is 1.22 bits per heavy atom. The number of pyridine rings is 1. The van der Waals surface area contributed by atoms with Crippen molar-refractivity contribution in [2.75, 3.05) is 5.32 Å². The maximum absolute atomic E-state index is 11.1. The summed E-state index contributed by atoms with van der Waals surface area (Å²) in [6.45, 7) is 2.29. The summed E-state index contributed by atoms with van der Waals surface area (Å²) >= 11 is 0. The van der Waals surface area contributed by atoms with Crippen LogP contribution in [0.3, 0.4) is 0 Å². The third-order valence-electron chi connectivity index (χ3n) is 4.88.